The molecule has 4 N–H and O–H groups in total. The van der Waals surface area contributed by atoms with Gasteiger partial charge in [0, 0.05) is 7.05 Å². The van der Waals surface area contributed by atoms with Crippen LogP contribution in [0, 0.1) is 6.92 Å². The zero-order valence-electron chi connectivity index (χ0n) is 13.2. The third kappa shape index (κ3) is 3.02. The van der Waals surface area contributed by atoms with Crippen molar-refractivity contribution in [2.45, 2.75) is 13.0 Å². The van der Waals surface area contributed by atoms with Crippen molar-refractivity contribution in [1.29, 1.82) is 0 Å². The molecular weight excluding hydrogens is 288 g/mol. The number of aryl methyl sites for hydroxylation is 1. The van der Waals surface area contributed by atoms with E-state index in [1.54, 1.807) is 13.4 Å². The molecule has 0 bridgehead atoms. The van der Waals surface area contributed by atoms with Crippen LogP contribution in [0.15, 0.2) is 55.1 Å². The minimum absolute atomic E-state index is 0.0857. The highest BCUT2D eigenvalue weighted by molar-refractivity contribution is 5.68. The molecule has 118 valence electrons. The van der Waals surface area contributed by atoms with Crippen molar-refractivity contribution in [2.24, 2.45) is 5.84 Å². The fraction of sp³-hybridized carbons (Fsp3) is 0.176. The van der Waals surface area contributed by atoms with E-state index in [2.05, 4.69) is 41.3 Å². The van der Waals surface area contributed by atoms with Crippen molar-refractivity contribution in [1.82, 2.24) is 14.8 Å². The number of hydrogen-bond donors (Lipinski definition) is 2. The molecule has 3 aromatic rings. The lowest BCUT2D eigenvalue weighted by atomic mass is 9.97. The zero-order chi connectivity index (χ0) is 16.4. The summed E-state index contributed by atoms with van der Waals surface area (Å²) in [5.74, 6) is 5.88. The zero-order valence-corrected chi connectivity index (χ0v) is 13.2. The van der Waals surface area contributed by atoms with Crippen LogP contribution in [0.2, 0.25) is 0 Å². The van der Waals surface area contributed by atoms with Gasteiger partial charge < -0.3 is 10.7 Å². The Hall–Kier alpha value is -2.86. The molecule has 23 heavy (non-hydrogen) atoms. The monoisotopic (exact) mass is 308 g/mol. The van der Waals surface area contributed by atoms with E-state index in [0.29, 0.717) is 5.69 Å². The van der Waals surface area contributed by atoms with Crippen LogP contribution in [0.25, 0.3) is 0 Å². The molecule has 0 spiro atoms. The molecule has 0 saturated heterocycles. The molecule has 0 fully saturated rings. The SMILES string of the molecule is Cc1ccc(C(c2ccc(N)c(N(C)N)c2)n2cncn2)cc1. The molecule has 1 atom stereocenters. The van der Waals surface area contributed by atoms with Crippen LogP contribution in [0.1, 0.15) is 22.7 Å². The smallest absolute Gasteiger partial charge is 0.137 e. The number of aromatic nitrogens is 3. The summed E-state index contributed by atoms with van der Waals surface area (Å²) >= 11 is 0. The van der Waals surface area contributed by atoms with Crippen molar-refractivity contribution in [3.8, 4) is 0 Å². The molecule has 0 aliphatic heterocycles. The molecule has 6 nitrogen and oxygen atoms in total. The third-order valence-electron chi connectivity index (χ3n) is 3.84. The standard InChI is InChI=1S/C17H20N6/c1-12-3-5-13(6-4-12)17(23-11-20-10-21-23)14-7-8-15(18)16(9-14)22(2)19/h3-11,17H,18-19H2,1-2H3. The van der Waals surface area contributed by atoms with Gasteiger partial charge in [-0.2, -0.15) is 5.10 Å². The largest absolute Gasteiger partial charge is 0.397 e. The van der Waals surface area contributed by atoms with E-state index >= 15 is 0 Å². The number of benzene rings is 2. The second-order valence-corrected chi connectivity index (χ2v) is 5.62. The van der Waals surface area contributed by atoms with E-state index < -0.39 is 0 Å². The third-order valence-corrected chi connectivity index (χ3v) is 3.84. The Labute approximate surface area is 135 Å². The minimum Gasteiger partial charge on any atom is -0.397 e. The normalized spacial score (nSPS) is 12.1. The Kier molecular flexibility index (Phi) is 3.99. The van der Waals surface area contributed by atoms with Crippen LogP contribution in [0.4, 0.5) is 11.4 Å². The Morgan fingerprint density at radius 1 is 1.09 bits per heavy atom. The predicted octanol–water partition coefficient (Wildman–Crippen LogP) is 2.12. The average Bonchev–Trinajstić information content (AvgIpc) is 3.05. The first kappa shape index (κ1) is 15.1. The van der Waals surface area contributed by atoms with Gasteiger partial charge in [-0.15, -0.1) is 0 Å². The summed E-state index contributed by atoms with van der Waals surface area (Å²) in [7, 11) is 1.77. The number of anilines is 2. The lowest BCUT2D eigenvalue weighted by Crippen LogP contribution is -2.26. The summed E-state index contributed by atoms with van der Waals surface area (Å²) in [5, 5.41) is 5.84. The fourth-order valence-electron chi connectivity index (χ4n) is 2.63. The summed E-state index contributed by atoms with van der Waals surface area (Å²) in [4.78, 5) is 4.08. The highest BCUT2D eigenvalue weighted by Crippen LogP contribution is 2.31. The van der Waals surface area contributed by atoms with E-state index in [-0.39, 0.29) is 6.04 Å². The molecule has 2 aromatic carbocycles. The maximum Gasteiger partial charge on any atom is 0.137 e. The highest BCUT2D eigenvalue weighted by atomic mass is 15.4. The first-order chi connectivity index (χ1) is 11.1. The quantitative estimate of drug-likeness (QED) is 0.438. The van der Waals surface area contributed by atoms with Gasteiger partial charge in [0.1, 0.15) is 18.7 Å². The van der Waals surface area contributed by atoms with Crippen LogP contribution in [0.3, 0.4) is 0 Å². The van der Waals surface area contributed by atoms with Gasteiger partial charge in [-0.3, -0.25) is 0 Å². The van der Waals surface area contributed by atoms with Gasteiger partial charge in [0.25, 0.3) is 0 Å². The van der Waals surface area contributed by atoms with Crippen molar-refractivity contribution in [3.05, 3.63) is 71.8 Å². The molecule has 0 aliphatic carbocycles. The number of nitrogens with zero attached hydrogens (tertiary/aromatic N) is 4. The van der Waals surface area contributed by atoms with Gasteiger partial charge in [-0.05, 0) is 30.2 Å². The number of nitrogen functional groups attached to an aromatic ring is 1. The number of hydrazine groups is 1. The molecular formula is C17H20N6. The van der Waals surface area contributed by atoms with Crippen LogP contribution < -0.4 is 16.6 Å². The van der Waals surface area contributed by atoms with Crippen LogP contribution >= 0.6 is 0 Å². The maximum absolute atomic E-state index is 6.01. The van der Waals surface area contributed by atoms with E-state index in [1.165, 1.54) is 16.9 Å². The predicted molar refractivity (Wildman–Crippen MR) is 91.9 cm³/mol. The summed E-state index contributed by atoms with van der Waals surface area (Å²) < 4.78 is 1.83. The summed E-state index contributed by atoms with van der Waals surface area (Å²) in [6, 6.07) is 14.1. The topological polar surface area (TPSA) is 86.0 Å². The second-order valence-electron chi connectivity index (χ2n) is 5.62. The molecule has 0 saturated carbocycles. The van der Waals surface area contributed by atoms with Crippen LogP contribution in [-0.2, 0) is 0 Å². The number of hydrogen-bond acceptors (Lipinski definition) is 5. The van der Waals surface area contributed by atoms with Gasteiger partial charge in [-0.25, -0.2) is 15.5 Å². The van der Waals surface area contributed by atoms with Crippen molar-refractivity contribution in [2.75, 3.05) is 17.8 Å². The van der Waals surface area contributed by atoms with Gasteiger partial charge in [0.15, 0.2) is 0 Å². The molecule has 0 radical (unpaired) electrons. The second kappa shape index (κ2) is 6.10. The average molecular weight is 308 g/mol. The Morgan fingerprint density at radius 2 is 1.78 bits per heavy atom. The van der Waals surface area contributed by atoms with Gasteiger partial charge in [0.05, 0.1) is 11.4 Å². The lowest BCUT2D eigenvalue weighted by Gasteiger charge is -2.22. The van der Waals surface area contributed by atoms with E-state index in [4.69, 9.17) is 11.6 Å². The summed E-state index contributed by atoms with van der Waals surface area (Å²) in [6.07, 6.45) is 3.25. The first-order valence-electron chi connectivity index (χ1n) is 7.35. The van der Waals surface area contributed by atoms with Crippen molar-refractivity contribution in [3.63, 3.8) is 0 Å². The summed E-state index contributed by atoms with van der Waals surface area (Å²) in [5.41, 5.74) is 10.8. The summed E-state index contributed by atoms with van der Waals surface area (Å²) in [6.45, 7) is 2.07. The molecule has 6 heteroatoms. The first-order valence-corrected chi connectivity index (χ1v) is 7.35. The highest BCUT2D eigenvalue weighted by Gasteiger charge is 2.18. The molecule has 0 amide bonds. The molecule has 3 rings (SSSR count). The Balaban J connectivity index is 2.13. The minimum atomic E-state index is -0.0857. The van der Waals surface area contributed by atoms with Gasteiger partial charge in [-0.1, -0.05) is 35.9 Å². The number of rotatable bonds is 4. The molecule has 1 aromatic heterocycles. The van der Waals surface area contributed by atoms with Crippen LogP contribution in [0.5, 0.6) is 0 Å². The lowest BCUT2D eigenvalue weighted by molar-refractivity contribution is 0.594. The van der Waals surface area contributed by atoms with E-state index in [9.17, 15) is 0 Å². The molecule has 0 aliphatic rings. The van der Waals surface area contributed by atoms with Crippen LogP contribution in [-0.4, -0.2) is 21.8 Å². The van der Waals surface area contributed by atoms with E-state index in [0.717, 1.165) is 16.8 Å². The van der Waals surface area contributed by atoms with Crippen molar-refractivity contribution >= 4 is 11.4 Å². The van der Waals surface area contributed by atoms with Gasteiger partial charge >= 0.3 is 0 Å². The Bertz CT molecular complexity index is 777. The van der Waals surface area contributed by atoms with E-state index in [1.807, 2.05) is 22.9 Å². The van der Waals surface area contributed by atoms with Gasteiger partial charge in [0.2, 0.25) is 0 Å². The molecule has 1 heterocycles. The number of nitrogens with two attached hydrogens (primary N) is 2. The fourth-order valence-corrected chi connectivity index (χ4v) is 2.63. The van der Waals surface area contributed by atoms with Crippen molar-refractivity contribution < 1.29 is 0 Å². The maximum atomic E-state index is 6.01. The Morgan fingerprint density at radius 3 is 2.39 bits per heavy atom. The molecule has 1 unspecified atom stereocenters.